The lowest BCUT2D eigenvalue weighted by Gasteiger charge is -2.25. The Balaban J connectivity index is 1.90. The third-order valence-electron chi connectivity index (χ3n) is 5.98. The average molecular weight is 637 g/mol. The van der Waals surface area contributed by atoms with E-state index in [-0.39, 0.29) is 40.5 Å². The Hall–Kier alpha value is -3.64. The van der Waals surface area contributed by atoms with Gasteiger partial charge in [-0.2, -0.15) is 26.3 Å². The number of aliphatic carboxylic acids is 1. The number of urea groups is 1. The van der Waals surface area contributed by atoms with Crippen LogP contribution in [0.1, 0.15) is 36.1 Å². The first-order valence-corrected chi connectivity index (χ1v) is 12.9. The highest BCUT2D eigenvalue weighted by Gasteiger charge is 2.37. The second-order valence-corrected chi connectivity index (χ2v) is 10.5. The highest BCUT2D eigenvalue weighted by atomic mass is 35.5. The molecule has 0 saturated carbocycles. The third kappa shape index (κ3) is 8.68. The number of ether oxygens (including phenoxy) is 1. The summed E-state index contributed by atoms with van der Waals surface area (Å²) in [6, 6.07) is 10.8. The zero-order valence-electron chi connectivity index (χ0n) is 22.0. The number of anilines is 1. The van der Waals surface area contributed by atoms with Gasteiger partial charge in [0.1, 0.15) is 5.75 Å². The van der Waals surface area contributed by atoms with Gasteiger partial charge in [-0.05, 0) is 73.9 Å². The predicted octanol–water partition coefficient (Wildman–Crippen LogP) is 8.55. The highest BCUT2D eigenvalue weighted by molar-refractivity contribution is 6.43. The van der Waals surface area contributed by atoms with Crippen LogP contribution in [0.15, 0.2) is 60.7 Å². The summed E-state index contributed by atoms with van der Waals surface area (Å²) in [5, 5.41) is 11.8. The Bertz CT molecular complexity index is 1410. The first-order valence-electron chi connectivity index (χ1n) is 12.2. The van der Waals surface area contributed by atoms with Crippen LogP contribution in [0, 0.1) is 0 Å². The van der Waals surface area contributed by atoms with Crippen molar-refractivity contribution in [3.8, 4) is 5.75 Å². The van der Waals surface area contributed by atoms with Gasteiger partial charge in [-0.3, -0.25) is 0 Å². The number of alkyl halides is 6. The summed E-state index contributed by atoms with van der Waals surface area (Å²) in [6.07, 6.45) is -9.99. The summed E-state index contributed by atoms with van der Waals surface area (Å²) in [5.74, 6) is -0.934. The molecule has 14 heteroatoms. The van der Waals surface area contributed by atoms with Gasteiger partial charge in [-0.15, -0.1) is 0 Å². The van der Waals surface area contributed by atoms with Crippen molar-refractivity contribution in [2.45, 2.75) is 44.8 Å². The van der Waals surface area contributed by atoms with E-state index in [0.717, 1.165) is 4.90 Å². The molecule has 0 aliphatic heterocycles. The number of hydrogen-bond donors (Lipinski definition) is 2. The van der Waals surface area contributed by atoms with Crippen molar-refractivity contribution in [1.29, 1.82) is 0 Å². The van der Waals surface area contributed by atoms with Gasteiger partial charge in [0.15, 0.2) is 5.60 Å². The fraction of sp³-hybridized carbons (Fsp3) is 0.286. The van der Waals surface area contributed by atoms with E-state index in [4.69, 9.17) is 27.9 Å². The predicted molar refractivity (Wildman–Crippen MR) is 145 cm³/mol. The Morgan fingerprint density at radius 2 is 1.45 bits per heavy atom. The maximum atomic E-state index is 13.4. The zero-order valence-corrected chi connectivity index (χ0v) is 23.5. The Kier molecular flexibility index (Phi) is 9.94. The topological polar surface area (TPSA) is 78.9 Å². The standard InChI is InChI=1S/C28H24Cl2F6N2O4/c1-26(2,24(39)40)42-20-8-6-16(7-9-20)10-11-38(25(41)37-22-5-3-4-21(29)23(22)30)15-17-12-18(27(31,32)33)14-19(13-17)28(34,35)36/h3-9,12-14H,10-11,15H2,1-2H3,(H,37,41)(H,39,40). The van der Waals surface area contributed by atoms with E-state index in [9.17, 15) is 41.0 Å². The molecule has 0 saturated heterocycles. The van der Waals surface area contributed by atoms with Crippen LogP contribution in [0.4, 0.5) is 36.8 Å². The van der Waals surface area contributed by atoms with E-state index in [0.29, 0.717) is 17.7 Å². The quantitative estimate of drug-likeness (QED) is 0.231. The molecule has 0 fully saturated rings. The molecular formula is C28H24Cl2F6N2O4. The minimum Gasteiger partial charge on any atom is -0.478 e. The number of benzene rings is 3. The molecular weight excluding hydrogens is 613 g/mol. The Labute approximate surface area is 246 Å². The summed E-state index contributed by atoms with van der Waals surface area (Å²) in [5.41, 5.74) is -4.21. The maximum absolute atomic E-state index is 13.4. The molecule has 0 atom stereocenters. The molecule has 3 rings (SSSR count). The molecule has 6 nitrogen and oxygen atoms in total. The number of carbonyl (C=O) groups excluding carboxylic acids is 1. The molecule has 0 radical (unpaired) electrons. The third-order valence-corrected chi connectivity index (χ3v) is 6.80. The van der Waals surface area contributed by atoms with Crippen LogP contribution < -0.4 is 10.1 Å². The van der Waals surface area contributed by atoms with Gasteiger partial charge in [0.05, 0.1) is 26.9 Å². The van der Waals surface area contributed by atoms with Crippen LogP contribution in [-0.4, -0.2) is 34.2 Å². The van der Waals surface area contributed by atoms with Gasteiger partial charge >= 0.3 is 24.4 Å². The van der Waals surface area contributed by atoms with Gasteiger partial charge in [0.25, 0.3) is 0 Å². The van der Waals surface area contributed by atoms with Crippen LogP contribution in [0.2, 0.25) is 10.0 Å². The smallest absolute Gasteiger partial charge is 0.416 e. The van der Waals surface area contributed by atoms with E-state index < -0.39 is 53.2 Å². The number of carboxylic acid groups (broad SMARTS) is 1. The largest absolute Gasteiger partial charge is 0.478 e. The van der Waals surface area contributed by atoms with Crippen molar-refractivity contribution < 1.29 is 45.8 Å². The molecule has 0 heterocycles. The highest BCUT2D eigenvalue weighted by Crippen LogP contribution is 2.37. The minimum atomic E-state index is -5.06. The number of nitrogens with one attached hydrogen (secondary N) is 1. The van der Waals surface area contributed by atoms with E-state index in [1.807, 2.05) is 0 Å². The van der Waals surface area contributed by atoms with Crippen molar-refractivity contribution in [1.82, 2.24) is 4.90 Å². The maximum Gasteiger partial charge on any atom is 0.416 e. The van der Waals surface area contributed by atoms with Gasteiger partial charge in [0, 0.05) is 13.1 Å². The van der Waals surface area contributed by atoms with Gasteiger partial charge in [0.2, 0.25) is 0 Å². The molecule has 42 heavy (non-hydrogen) atoms. The lowest BCUT2D eigenvalue weighted by Crippen LogP contribution is -2.37. The number of carboxylic acids is 1. The van der Waals surface area contributed by atoms with Crippen molar-refractivity contribution in [2.75, 3.05) is 11.9 Å². The fourth-order valence-electron chi connectivity index (χ4n) is 3.70. The van der Waals surface area contributed by atoms with Gasteiger partial charge in [-0.1, -0.05) is 41.4 Å². The monoisotopic (exact) mass is 636 g/mol. The summed E-state index contributed by atoms with van der Waals surface area (Å²) in [4.78, 5) is 25.6. The molecule has 0 bridgehead atoms. The molecule has 226 valence electrons. The lowest BCUT2D eigenvalue weighted by molar-refractivity contribution is -0.152. The first kappa shape index (κ1) is 32.9. The van der Waals surface area contributed by atoms with Crippen LogP contribution in [0.25, 0.3) is 0 Å². The number of halogens is 8. The van der Waals surface area contributed by atoms with Crippen molar-refractivity contribution in [3.05, 3.63) is 93.0 Å². The number of hydrogen-bond acceptors (Lipinski definition) is 3. The Morgan fingerprint density at radius 3 is 1.98 bits per heavy atom. The normalized spacial score (nSPS) is 12.1. The van der Waals surface area contributed by atoms with E-state index in [2.05, 4.69) is 5.32 Å². The molecule has 0 aromatic heterocycles. The van der Waals surface area contributed by atoms with E-state index >= 15 is 0 Å². The van der Waals surface area contributed by atoms with Crippen LogP contribution in [0.5, 0.6) is 5.75 Å². The first-order chi connectivity index (χ1) is 19.4. The zero-order chi connectivity index (χ0) is 31.5. The summed E-state index contributed by atoms with van der Waals surface area (Å²) in [6.45, 7) is 1.99. The number of carbonyl (C=O) groups is 2. The molecule has 0 aliphatic rings. The second-order valence-electron chi connectivity index (χ2n) is 9.68. The van der Waals surface area contributed by atoms with Gasteiger partial charge in [-0.25, -0.2) is 9.59 Å². The number of amides is 2. The number of rotatable bonds is 9. The fourth-order valence-corrected chi connectivity index (χ4v) is 4.05. The summed E-state index contributed by atoms with van der Waals surface area (Å²) < 4.78 is 86.0. The van der Waals surface area contributed by atoms with Crippen LogP contribution >= 0.6 is 23.2 Å². The molecule has 0 aliphatic carbocycles. The summed E-state index contributed by atoms with van der Waals surface area (Å²) >= 11 is 12.1. The van der Waals surface area contributed by atoms with Gasteiger partial charge < -0.3 is 20.1 Å². The molecule has 2 amide bonds. The number of nitrogens with zero attached hydrogens (tertiary/aromatic N) is 1. The van der Waals surface area contributed by atoms with E-state index in [1.54, 1.807) is 12.1 Å². The molecule has 0 spiro atoms. The van der Waals surface area contributed by atoms with E-state index in [1.165, 1.54) is 44.2 Å². The second kappa shape index (κ2) is 12.7. The molecule has 3 aromatic rings. The molecule has 0 unspecified atom stereocenters. The van der Waals surface area contributed by atoms with Crippen molar-refractivity contribution in [3.63, 3.8) is 0 Å². The summed E-state index contributed by atoms with van der Waals surface area (Å²) in [7, 11) is 0. The average Bonchev–Trinajstić information content (AvgIpc) is 2.88. The lowest BCUT2D eigenvalue weighted by atomic mass is 10.0. The van der Waals surface area contributed by atoms with Crippen LogP contribution in [0.3, 0.4) is 0 Å². The van der Waals surface area contributed by atoms with Crippen molar-refractivity contribution in [2.24, 2.45) is 0 Å². The Morgan fingerprint density at radius 1 is 0.881 bits per heavy atom. The molecule has 3 aromatic carbocycles. The molecule has 2 N–H and O–H groups in total. The van der Waals surface area contributed by atoms with Crippen LogP contribution in [-0.2, 0) is 30.1 Å². The minimum absolute atomic E-state index is 0.00855. The van der Waals surface area contributed by atoms with Crippen molar-refractivity contribution >= 4 is 40.9 Å². The SMILES string of the molecule is CC(C)(Oc1ccc(CCN(Cc2cc(C(F)(F)F)cc(C(F)(F)F)c2)C(=O)Nc2cccc(Cl)c2Cl)cc1)C(=O)O.